The van der Waals surface area contributed by atoms with Gasteiger partial charge in [-0.05, 0) is 42.7 Å². The average Bonchev–Trinajstić information content (AvgIpc) is 2.80. The summed E-state index contributed by atoms with van der Waals surface area (Å²) in [6.45, 7) is 1.80. The molecule has 172 valence electrons. The minimum absolute atomic E-state index is 0.0306. The van der Waals surface area contributed by atoms with Crippen LogP contribution in [0.4, 0.5) is 0 Å². The van der Waals surface area contributed by atoms with Crippen molar-refractivity contribution >= 4 is 27.8 Å². The fourth-order valence-corrected chi connectivity index (χ4v) is 3.47. The van der Waals surface area contributed by atoms with Crippen molar-refractivity contribution in [3.05, 3.63) is 59.4 Å². The summed E-state index contributed by atoms with van der Waals surface area (Å²) in [5, 5.41) is 2.35. The van der Waals surface area contributed by atoms with Crippen molar-refractivity contribution in [3.8, 4) is 5.75 Å². The van der Waals surface area contributed by atoms with Gasteiger partial charge < -0.3 is 14.8 Å². The van der Waals surface area contributed by atoms with Crippen LogP contribution in [0.15, 0.2) is 42.6 Å². The van der Waals surface area contributed by atoms with Gasteiger partial charge in [0.2, 0.25) is 10.0 Å². The predicted octanol–water partition coefficient (Wildman–Crippen LogP) is 1.08. The van der Waals surface area contributed by atoms with Crippen molar-refractivity contribution in [2.75, 3.05) is 26.0 Å². The molecule has 0 unspecified atom stereocenters. The number of hydrogen-bond donors (Lipinski definition) is 2. The summed E-state index contributed by atoms with van der Waals surface area (Å²) in [6.07, 6.45) is 1.96. The number of benzene rings is 1. The summed E-state index contributed by atoms with van der Waals surface area (Å²) < 4.78 is 36.3. The van der Waals surface area contributed by atoms with Crippen molar-refractivity contribution in [1.82, 2.24) is 15.0 Å². The van der Waals surface area contributed by atoms with Crippen molar-refractivity contribution < 1.29 is 32.3 Å². The van der Waals surface area contributed by atoms with Gasteiger partial charge in [-0.25, -0.2) is 13.1 Å². The van der Waals surface area contributed by atoms with Crippen molar-refractivity contribution in [2.45, 2.75) is 19.8 Å². The molecule has 0 saturated heterocycles. The molecule has 0 atom stereocenters. The van der Waals surface area contributed by atoms with Gasteiger partial charge in [-0.2, -0.15) is 0 Å². The molecule has 0 bridgehead atoms. The smallest absolute Gasteiger partial charge is 0.325 e. The van der Waals surface area contributed by atoms with E-state index in [1.165, 1.54) is 19.2 Å². The number of pyridine rings is 1. The fraction of sp³-hybridized carbons (Fsp3) is 0.333. The van der Waals surface area contributed by atoms with E-state index in [2.05, 4.69) is 10.3 Å². The molecule has 1 heterocycles. The van der Waals surface area contributed by atoms with Gasteiger partial charge >= 0.3 is 5.97 Å². The van der Waals surface area contributed by atoms with Crippen LogP contribution >= 0.6 is 0 Å². The molecule has 2 amide bonds. The molecule has 2 N–H and O–H groups in total. The summed E-state index contributed by atoms with van der Waals surface area (Å²) in [5.74, 6) is -1.69. The monoisotopic (exact) mass is 463 g/mol. The Balaban J connectivity index is 1.87. The number of amides is 2. The number of sulfonamides is 1. The van der Waals surface area contributed by atoms with Gasteiger partial charge in [0.1, 0.15) is 18.0 Å². The topological polar surface area (TPSA) is 141 Å². The van der Waals surface area contributed by atoms with Crippen LogP contribution in [0.3, 0.4) is 0 Å². The van der Waals surface area contributed by atoms with E-state index in [-0.39, 0.29) is 36.6 Å². The third-order valence-corrected chi connectivity index (χ3v) is 5.42. The standard InChI is InChI=1S/C21H25N3O7S/c1-3-11-31-19(25)14-23-21(27)18-9-6-16(13-22-18)20(26)24-32(28,29)12-10-15-4-7-17(30-2)8-5-15/h4-9,13H,3,10-12,14H2,1-2H3,(H,23,27)(H,24,26). The largest absolute Gasteiger partial charge is 0.497 e. The third kappa shape index (κ3) is 7.99. The van der Waals surface area contributed by atoms with E-state index in [4.69, 9.17) is 9.47 Å². The normalized spacial score (nSPS) is 10.8. The van der Waals surface area contributed by atoms with E-state index in [0.29, 0.717) is 12.2 Å². The first kappa shape index (κ1) is 24.8. The maximum absolute atomic E-state index is 12.2. The SMILES string of the molecule is CCCOC(=O)CNC(=O)c1ccc(C(=O)NS(=O)(=O)CCc2ccc(OC)cc2)cn1. The summed E-state index contributed by atoms with van der Waals surface area (Å²) >= 11 is 0. The molecule has 11 heteroatoms. The maximum Gasteiger partial charge on any atom is 0.325 e. The number of methoxy groups -OCH3 is 1. The molecule has 1 aromatic carbocycles. The molecule has 0 fully saturated rings. The Morgan fingerprint density at radius 2 is 1.75 bits per heavy atom. The lowest BCUT2D eigenvalue weighted by Gasteiger charge is -2.08. The first-order valence-electron chi connectivity index (χ1n) is 9.81. The highest BCUT2D eigenvalue weighted by Gasteiger charge is 2.17. The van der Waals surface area contributed by atoms with E-state index in [0.717, 1.165) is 11.8 Å². The Hall–Kier alpha value is -3.47. The number of nitrogens with zero attached hydrogens (tertiary/aromatic N) is 1. The van der Waals surface area contributed by atoms with Gasteiger partial charge in [0.05, 0.1) is 25.0 Å². The molecule has 2 aromatic rings. The molecule has 0 aliphatic rings. The zero-order valence-electron chi connectivity index (χ0n) is 17.8. The second-order valence-corrected chi connectivity index (χ2v) is 8.53. The lowest BCUT2D eigenvalue weighted by atomic mass is 10.2. The molecule has 2 rings (SSSR count). The minimum Gasteiger partial charge on any atom is -0.497 e. The fourth-order valence-electron chi connectivity index (χ4n) is 2.47. The van der Waals surface area contributed by atoms with Gasteiger partial charge in [0.25, 0.3) is 11.8 Å². The number of carbonyl (C=O) groups is 3. The van der Waals surface area contributed by atoms with Crippen LogP contribution < -0.4 is 14.8 Å². The average molecular weight is 464 g/mol. The third-order valence-electron chi connectivity index (χ3n) is 4.19. The number of aryl methyl sites for hydroxylation is 1. The molecule has 0 radical (unpaired) electrons. The highest BCUT2D eigenvalue weighted by molar-refractivity contribution is 7.90. The Bertz CT molecular complexity index is 1040. The number of aromatic nitrogens is 1. The van der Waals surface area contributed by atoms with E-state index >= 15 is 0 Å². The lowest BCUT2D eigenvalue weighted by molar-refractivity contribution is -0.142. The molecule has 32 heavy (non-hydrogen) atoms. The highest BCUT2D eigenvalue weighted by atomic mass is 32.2. The highest BCUT2D eigenvalue weighted by Crippen LogP contribution is 2.12. The zero-order valence-corrected chi connectivity index (χ0v) is 18.6. The quantitative estimate of drug-likeness (QED) is 0.472. The predicted molar refractivity (Wildman–Crippen MR) is 116 cm³/mol. The van der Waals surface area contributed by atoms with Gasteiger partial charge in [-0.3, -0.25) is 19.4 Å². The van der Waals surface area contributed by atoms with Crippen LogP contribution in [0.1, 0.15) is 39.8 Å². The second kappa shape index (κ2) is 11.8. The Labute approximate surface area is 186 Å². The number of hydrogen-bond acceptors (Lipinski definition) is 8. The molecule has 0 saturated carbocycles. The Kier molecular flexibility index (Phi) is 9.14. The minimum atomic E-state index is -3.88. The van der Waals surface area contributed by atoms with E-state index < -0.39 is 27.8 Å². The van der Waals surface area contributed by atoms with Crippen LogP contribution in [-0.4, -0.2) is 57.2 Å². The summed E-state index contributed by atoms with van der Waals surface area (Å²) in [7, 11) is -2.35. The molecule has 0 spiro atoms. The number of nitrogens with one attached hydrogen (secondary N) is 2. The molecule has 0 aliphatic heterocycles. The summed E-state index contributed by atoms with van der Waals surface area (Å²) in [5.41, 5.74) is 0.711. The Morgan fingerprint density at radius 3 is 2.34 bits per heavy atom. The summed E-state index contributed by atoms with van der Waals surface area (Å²) in [6, 6.07) is 9.45. The van der Waals surface area contributed by atoms with E-state index in [1.807, 2.05) is 11.6 Å². The van der Waals surface area contributed by atoms with Gasteiger partial charge in [-0.15, -0.1) is 0 Å². The first-order chi connectivity index (χ1) is 15.2. The molecule has 0 aliphatic carbocycles. The van der Waals surface area contributed by atoms with E-state index in [9.17, 15) is 22.8 Å². The zero-order chi connectivity index (χ0) is 23.6. The summed E-state index contributed by atoms with van der Waals surface area (Å²) in [4.78, 5) is 39.5. The molecule has 10 nitrogen and oxygen atoms in total. The second-order valence-electron chi connectivity index (χ2n) is 6.68. The first-order valence-corrected chi connectivity index (χ1v) is 11.5. The number of rotatable bonds is 11. The van der Waals surface area contributed by atoms with Crippen LogP contribution in [0.2, 0.25) is 0 Å². The molecular formula is C21H25N3O7S. The van der Waals surface area contributed by atoms with E-state index in [1.54, 1.807) is 24.3 Å². The Morgan fingerprint density at radius 1 is 1.03 bits per heavy atom. The van der Waals surface area contributed by atoms with Crippen LogP contribution in [-0.2, 0) is 26.0 Å². The van der Waals surface area contributed by atoms with Crippen molar-refractivity contribution in [3.63, 3.8) is 0 Å². The number of carbonyl (C=O) groups excluding carboxylic acids is 3. The number of esters is 1. The van der Waals surface area contributed by atoms with Crippen LogP contribution in [0, 0.1) is 0 Å². The van der Waals surface area contributed by atoms with Gasteiger partial charge in [0.15, 0.2) is 0 Å². The van der Waals surface area contributed by atoms with Crippen molar-refractivity contribution in [2.24, 2.45) is 0 Å². The lowest BCUT2D eigenvalue weighted by Crippen LogP contribution is -2.33. The van der Waals surface area contributed by atoms with Gasteiger partial charge in [0, 0.05) is 6.20 Å². The van der Waals surface area contributed by atoms with Crippen molar-refractivity contribution in [1.29, 1.82) is 0 Å². The van der Waals surface area contributed by atoms with Crippen LogP contribution in [0.5, 0.6) is 5.75 Å². The number of ether oxygens (including phenoxy) is 2. The maximum atomic E-state index is 12.2. The van der Waals surface area contributed by atoms with Crippen LogP contribution in [0.25, 0.3) is 0 Å². The molecular weight excluding hydrogens is 438 g/mol. The van der Waals surface area contributed by atoms with Gasteiger partial charge in [-0.1, -0.05) is 19.1 Å². The molecule has 1 aromatic heterocycles.